The smallest absolute Gasteiger partial charge is 0.434 e. The Morgan fingerprint density at radius 2 is 1.21 bits per heavy atom. The number of halogens is 6. The van der Waals surface area contributed by atoms with Crippen LogP contribution < -0.4 is 0 Å². The minimum absolute atomic E-state index is 0.0175. The quantitative estimate of drug-likeness (QED) is 0.223. The Kier molecular flexibility index (Phi) is 9.95. The average molecular weight is 493 g/mol. The van der Waals surface area contributed by atoms with Gasteiger partial charge in [-0.05, 0) is 43.9 Å². The van der Waals surface area contributed by atoms with Crippen LogP contribution in [-0.4, -0.2) is 36.0 Å². The van der Waals surface area contributed by atoms with Crippen molar-refractivity contribution in [1.29, 1.82) is 0 Å². The van der Waals surface area contributed by atoms with Crippen molar-refractivity contribution >= 4 is 11.9 Å². The van der Waals surface area contributed by atoms with Crippen LogP contribution in [0.5, 0.6) is 0 Å². The summed E-state index contributed by atoms with van der Waals surface area (Å²) in [5, 5.41) is 0. The zero-order chi connectivity index (χ0) is 26.7. The van der Waals surface area contributed by atoms with Crippen LogP contribution in [0.25, 0.3) is 0 Å². The molecule has 0 rings (SSSR count). The third-order valence-electron chi connectivity index (χ3n) is 7.07. The summed E-state index contributed by atoms with van der Waals surface area (Å²) in [4.78, 5) is 25.5. The first-order valence-electron chi connectivity index (χ1n) is 11.1. The normalized spacial score (nSPS) is 17.3. The van der Waals surface area contributed by atoms with Gasteiger partial charge < -0.3 is 9.47 Å². The Bertz CT molecular complexity index is 669. The molecule has 4 nitrogen and oxygen atoms in total. The molecule has 10 heteroatoms. The summed E-state index contributed by atoms with van der Waals surface area (Å²) in [6, 6.07) is 0. The molecular formula is C23H38F6O4. The lowest BCUT2D eigenvalue weighted by molar-refractivity contribution is -0.314. The van der Waals surface area contributed by atoms with Crippen LogP contribution in [0.15, 0.2) is 0 Å². The molecule has 33 heavy (non-hydrogen) atoms. The van der Waals surface area contributed by atoms with Crippen LogP contribution >= 0.6 is 0 Å². The first kappa shape index (κ1) is 31.5. The number of carbonyl (C=O) groups excluding carboxylic acids is 2. The largest absolute Gasteiger partial charge is 0.458 e. The Hall–Kier alpha value is -1.48. The summed E-state index contributed by atoms with van der Waals surface area (Å²) in [6.07, 6.45) is -15.0. The molecule has 0 bridgehead atoms. The predicted molar refractivity (Wildman–Crippen MR) is 112 cm³/mol. The van der Waals surface area contributed by atoms with Gasteiger partial charge in [-0.1, -0.05) is 54.9 Å². The lowest BCUT2D eigenvalue weighted by atomic mass is 9.58. The number of rotatable bonds is 11. The number of hydrogen-bond donors (Lipinski definition) is 0. The molecule has 196 valence electrons. The second kappa shape index (κ2) is 10.4. The summed E-state index contributed by atoms with van der Waals surface area (Å²) in [5.74, 6) is -2.41. The summed E-state index contributed by atoms with van der Waals surface area (Å²) in [5.41, 5.74) is -3.45. The Balaban J connectivity index is 5.87. The second-order valence-corrected chi connectivity index (χ2v) is 10.6. The van der Waals surface area contributed by atoms with Crippen molar-refractivity contribution in [1.82, 2.24) is 0 Å². The van der Waals surface area contributed by atoms with Crippen LogP contribution in [0.3, 0.4) is 0 Å². The Morgan fingerprint density at radius 1 is 0.758 bits per heavy atom. The molecule has 0 spiro atoms. The first-order chi connectivity index (χ1) is 14.5. The monoisotopic (exact) mass is 492 g/mol. The SMILES string of the molecule is CCC(C)(C)CC(C)(C(=O)OC(C)(CC)CC(=O)OC(C(F)(F)F)C(F)(F)F)C(C)(C)CC. The van der Waals surface area contributed by atoms with Crippen LogP contribution in [-0.2, 0) is 19.1 Å². The molecule has 2 unspecified atom stereocenters. The van der Waals surface area contributed by atoms with E-state index in [1.54, 1.807) is 6.92 Å². The fraction of sp³-hybridized carbons (Fsp3) is 0.913. The number of ether oxygens (including phenoxy) is 2. The van der Waals surface area contributed by atoms with E-state index in [1.165, 1.54) is 13.8 Å². The molecule has 0 aliphatic rings. The molecule has 0 N–H and O–H groups in total. The average Bonchev–Trinajstić information content (AvgIpc) is 2.63. The van der Waals surface area contributed by atoms with E-state index < -0.39 is 53.2 Å². The van der Waals surface area contributed by atoms with Crippen molar-refractivity contribution in [3.63, 3.8) is 0 Å². The summed E-state index contributed by atoms with van der Waals surface area (Å²) in [7, 11) is 0. The van der Waals surface area contributed by atoms with Gasteiger partial charge in [0.25, 0.3) is 6.10 Å². The standard InChI is InChI=1S/C23H38F6O4/c1-10-18(4,5)14-21(9,19(6,7)11-2)17(31)33-20(8,12-3)13-15(30)32-16(22(24,25)26)23(27,28)29/h16H,10-14H2,1-9H3. The van der Waals surface area contributed by atoms with Gasteiger partial charge in [-0.25, -0.2) is 0 Å². The van der Waals surface area contributed by atoms with Crippen LogP contribution in [0.4, 0.5) is 26.3 Å². The van der Waals surface area contributed by atoms with Crippen LogP contribution in [0.2, 0.25) is 0 Å². The molecule has 0 aliphatic carbocycles. The van der Waals surface area contributed by atoms with Crippen LogP contribution in [0.1, 0.15) is 94.4 Å². The molecule has 0 aromatic carbocycles. The van der Waals surface area contributed by atoms with Gasteiger partial charge in [0.05, 0.1) is 11.8 Å². The molecule has 0 saturated heterocycles. The second-order valence-electron chi connectivity index (χ2n) is 10.6. The molecule has 0 heterocycles. The zero-order valence-electron chi connectivity index (χ0n) is 21.0. The predicted octanol–water partition coefficient (Wildman–Crippen LogP) is 7.39. The van der Waals surface area contributed by atoms with Crippen molar-refractivity contribution in [2.45, 2.75) is 118 Å². The first-order valence-corrected chi connectivity index (χ1v) is 11.1. The minimum atomic E-state index is -5.82. The van der Waals surface area contributed by atoms with Crippen molar-refractivity contribution in [2.24, 2.45) is 16.2 Å². The molecule has 0 aromatic heterocycles. The van der Waals surface area contributed by atoms with E-state index in [1.807, 2.05) is 41.5 Å². The highest BCUT2D eigenvalue weighted by molar-refractivity contribution is 5.79. The van der Waals surface area contributed by atoms with Gasteiger partial charge in [0.15, 0.2) is 0 Å². The Labute approximate surface area is 192 Å². The van der Waals surface area contributed by atoms with E-state index in [9.17, 15) is 35.9 Å². The lowest BCUT2D eigenvalue weighted by Crippen LogP contribution is -2.50. The molecule has 0 saturated carbocycles. The van der Waals surface area contributed by atoms with Gasteiger partial charge in [0, 0.05) is 0 Å². The Morgan fingerprint density at radius 3 is 1.55 bits per heavy atom. The van der Waals surface area contributed by atoms with Crippen molar-refractivity contribution in [3.8, 4) is 0 Å². The third-order valence-corrected chi connectivity index (χ3v) is 7.07. The maximum absolute atomic E-state index is 13.4. The van der Waals surface area contributed by atoms with E-state index in [0.717, 1.165) is 6.42 Å². The van der Waals surface area contributed by atoms with Gasteiger partial charge in [-0.3, -0.25) is 9.59 Å². The molecule has 0 amide bonds. The molecule has 0 fully saturated rings. The third kappa shape index (κ3) is 8.35. The van der Waals surface area contributed by atoms with Gasteiger partial charge in [-0.2, -0.15) is 26.3 Å². The van der Waals surface area contributed by atoms with E-state index >= 15 is 0 Å². The maximum atomic E-state index is 13.4. The highest BCUT2D eigenvalue weighted by Gasteiger charge is 2.60. The summed E-state index contributed by atoms with van der Waals surface area (Å²) < 4.78 is 85.8. The highest BCUT2D eigenvalue weighted by atomic mass is 19.4. The molecule has 0 aliphatic heterocycles. The van der Waals surface area contributed by atoms with Gasteiger partial charge in [0.1, 0.15) is 5.60 Å². The highest BCUT2D eigenvalue weighted by Crippen LogP contribution is 2.51. The summed E-state index contributed by atoms with van der Waals surface area (Å²) in [6.45, 7) is 16.2. The lowest BCUT2D eigenvalue weighted by Gasteiger charge is -2.47. The van der Waals surface area contributed by atoms with E-state index in [4.69, 9.17) is 4.74 Å². The van der Waals surface area contributed by atoms with Gasteiger partial charge in [-0.15, -0.1) is 0 Å². The number of esters is 2. The van der Waals surface area contributed by atoms with Crippen molar-refractivity contribution in [3.05, 3.63) is 0 Å². The van der Waals surface area contributed by atoms with Crippen molar-refractivity contribution in [2.75, 3.05) is 0 Å². The molecule has 0 aromatic rings. The molecule has 2 atom stereocenters. The van der Waals surface area contributed by atoms with Gasteiger partial charge >= 0.3 is 24.3 Å². The van der Waals surface area contributed by atoms with E-state index in [0.29, 0.717) is 12.8 Å². The fourth-order valence-corrected chi connectivity index (χ4v) is 3.43. The fourth-order valence-electron chi connectivity index (χ4n) is 3.43. The number of hydrogen-bond acceptors (Lipinski definition) is 4. The molecular weight excluding hydrogens is 454 g/mol. The van der Waals surface area contributed by atoms with Crippen molar-refractivity contribution < 1.29 is 45.4 Å². The minimum Gasteiger partial charge on any atom is -0.458 e. The van der Waals surface area contributed by atoms with Gasteiger partial charge in [0.2, 0.25) is 0 Å². The summed E-state index contributed by atoms with van der Waals surface area (Å²) >= 11 is 0. The van der Waals surface area contributed by atoms with Crippen LogP contribution in [0, 0.1) is 16.2 Å². The maximum Gasteiger partial charge on any atom is 0.434 e. The van der Waals surface area contributed by atoms with E-state index in [2.05, 4.69) is 4.74 Å². The molecule has 0 radical (unpaired) electrons. The van der Waals surface area contributed by atoms with E-state index in [-0.39, 0.29) is 11.8 Å². The zero-order valence-corrected chi connectivity index (χ0v) is 21.0. The number of alkyl halides is 6. The topological polar surface area (TPSA) is 52.6 Å². The number of carbonyl (C=O) groups is 2.